The van der Waals surface area contributed by atoms with Gasteiger partial charge in [0, 0.05) is 31.3 Å². The van der Waals surface area contributed by atoms with E-state index < -0.39 is 9.84 Å². The molecule has 0 aliphatic rings. The summed E-state index contributed by atoms with van der Waals surface area (Å²) in [7, 11) is -1.44. The third kappa shape index (κ3) is 8.40. The predicted molar refractivity (Wildman–Crippen MR) is 130 cm³/mol. The van der Waals surface area contributed by atoms with Crippen LogP contribution < -0.4 is 10.6 Å². The fourth-order valence-corrected chi connectivity index (χ4v) is 4.46. The molecule has 0 saturated heterocycles. The Hall–Kier alpha value is -1.26. The zero-order valence-electron chi connectivity index (χ0n) is 16.4. The number of hydrogen-bond donors (Lipinski definition) is 2. The highest BCUT2D eigenvalue weighted by Gasteiger charge is 2.10. The van der Waals surface area contributed by atoms with Crippen molar-refractivity contribution in [1.29, 1.82) is 0 Å². The van der Waals surface area contributed by atoms with Gasteiger partial charge in [-0.2, -0.15) is 0 Å². The van der Waals surface area contributed by atoms with Gasteiger partial charge in [-0.05, 0) is 48.4 Å². The second kappa shape index (κ2) is 12.3. The third-order valence-corrected chi connectivity index (χ3v) is 6.30. The maximum Gasteiger partial charge on any atom is 0.191 e. The van der Waals surface area contributed by atoms with Crippen LogP contribution in [-0.2, 0) is 16.4 Å². The van der Waals surface area contributed by atoms with Gasteiger partial charge in [-0.3, -0.25) is 4.99 Å². The summed E-state index contributed by atoms with van der Waals surface area (Å²) in [6.07, 6.45) is 2.26. The van der Waals surface area contributed by atoms with Crippen molar-refractivity contribution in [2.24, 2.45) is 4.99 Å². The average Bonchev–Trinajstić information content (AvgIpc) is 2.64. The first-order chi connectivity index (χ1) is 12.9. The van der Waals surface area contributed by atoms with E-state index in [1.165, 1.54) is 11.2 Å². The number of thioether (sulfide) groups is 1. The smallest absolute Gasteiger partial charge is 0.191 e. The van der Waals surface area contributed by atoms with E-state index in [2.05, 4.69) is 39.9 Å². The molecule has 0 radical (unpaired) electrons. The molecule has 8 heteroatoms. The Morgan fingerprint density at radius 2 is 1.82 bits per heavy atom. The van der Waals surface area contributed by atoms with Crippen LogP contribution in [0.2, 0.25) is 0 Å². The average molecular weight is 534 g/mol. The first-order valence-corrected chi connectivity index (χ1v) is 11.7. The number of guanidine groups is 1. The molecule has 2 rings (SSSR count). The van der Waals surface area contributed by atoms with E-state index in [0.717, 1.165) is 35.8 Å². The van der Waals surface area contributed by atoms with E-state index in [1.807, 2.05) is 36.9 Å². The summed E-state index contributed by atoms with van der Waals surface area (Å²) in [6, 6.07) is 15.8. The van der Waals surface area contributed by atoms with E-state index in [1.54, 1.807) is 13.1 Å². The minimum Gasteiger partial charge on any atom is -0.356 e. The number of benzene rings is 2. The van der Waals surface area contributed by atoms with E-state index in [9.17, 15) is 8.42 Å². The van der Waals surface area contributed by atoms with E-state index in [4.69, 9.17) is 0 Å². The van der Waals surface area contributed by atoms with Gasteiger partial charge in [-0.15, -0.1) is 35.7 Å². The summed E-state index contributed by atoms with van der Waals surface area (Å²) in [5.41, 5.74) is 1.78. The minimum atomic E-state index is -3.18. The molecule has 0 heterocycles. The van der Waals surface area contributed by atoms with Crippen LogP contribution in [0, 0.1) is 6.92 Å². The Bertz CT molecular complexity index is 872. The number of sulfone groups is 1. The van der Waals surface area contributed by atoms with Crippen LogP contribution in [0.4, 0.5) is 0 Å². The predicted octanol–water partition coefficient (Wildman–Crippen LogP) is 3.86. The fraction of sp³-hybridized carbons (Fsp3) is 0.350. The molecule has 0 fully saturated rings. The molecule has 0 bridgehead atoms. The summed E-state index contributed by atoms with van der Waals surface area (Å²) in [5.74, 6) is 1.78. The van der Waals surface area contributed by atoms with Gasteiger partial charge in [0.05, 0.1) is 4.90 Å². The molecule has 0 spiro atoms. The van der Waals surface area contributed by atoms with Crippen molar-refractivity contribution in [2.75, 3.05) is 25.6 Å². The molecule has 0 aliphatic heterocycles. The van der Waals surface area contributed by atoms with Crippen LogP contribution in [-0.4, -0.2) is 40.0 Å². The van der Waals surface area contributed by atoms with Crippen LogP contribution in [0.3, 0.4) is 0 Å². The van der Waals surface area contributed by atoms with Crippen LogP contribution in [0.5, 0.6) is 0 Å². The standard InChI is InChI=1S/C20H27N3O2S2.HI/c1-16-14-17(10-11-19(16)27(3,24)25)15-23-20(21-2)22-12-7-13-26-18-8-5-4-6-9-18;/h4-6,8-11,14H,7,12-13,15H2,1-3H3,(H2,21,22,23);1H. The van der Waals surface area contributed by atoms with Gasteiger partial charge in [0.15, 0.2) is 15.8 Å². The molecule has 154 valence electrons. The number of aryl methyl sites for hydroxylation is 1. The normalized spacial score (nSPS) is 11.6. The molecular weight excluding hydrogens is 505 g/mol. The fourth-order valence-electron chi connectivity index (χ4n) is 2.63. The second-order valence-corrected chi connectivity index (χ2v) is 9.39. The quantitative estimate of drug-likeness (QED) is 0.177. The molecule has 0 aliphatic carbocycles. The minimum absolute atomic E-state index is 0. The van der Waals surface area contributed by atoms with Crippen LogP contribution in [0.15, 0.2) is 63.3 Å². The molecule has 2 aromatic carbocycles. The van der Waals surface area contributed by atoms with E-state index in [-0.39, 0.29) is 24.0 Å². The van der Waals surface area contributed by atoms with Gasteiger partial charge in [-0.1, -0.05) is 30.3 Å². The zero-order chi connectivity index (χ0) is 19.7. The van der Waals surface area contributed by atoms with Gasteiger partial charge < -0.3 is 10.6 Å². The zero-order valence-corrected chi connectivity index (χ0v) is 20.4. The molecule has 5 nitrogen and oxygen atoms in total. The van der Waals surface area contributed by atoms with Crippen LogP contribution in [0.1, 0.15) is 17.5 Å². The summed E-state index contributed by atoms with van der Waals surface area (Å²) >= 11 is 1.85. The van der Waals surface area contributed by atoms with Gasteiger partial charge in [-0.25, -0.2) is 8.42 Å². The lowest BCUT2D eigenvalue weighted by Crippen LogP contribution is -2.37. The number of nitrogens with one attached hydrogen (secondary N) is 2. The maximum absolute atomic E-state index is 11.7. The number of rotatable bonds is 8. The number of hydrogen-bond acceptors (Lipinski definition) is 4. The molecule has 2 N–H and O–H groups in total. The van der Waals surface area contributed by atoms with Gasteiger partial charge >= 0.3 is 0 Å². The first kappa shape index (κ1) is 24.8. The molecule has 0 amide bonds. The van der Waals surface area contributed by atoms with E-state index in [0.29, 0.717) is 11.4 Å². The van der Waals surface area contributed by atoms with Crippen molar-refractivity contribution in [3.8, 4) is 0 Å². The van der Waals surface area contributed by atoms with Crippen LogP contribution >= 0.6 is 35.7 Å². The summed E-state index contributed by atoms with van der Waals surface area (Å²) < 4.78 is 23.4. The van der Waals surface area contributed by atoms with Crippen molar-refractivity contribution >= 4 is 51.5 Å². The van der Waals surface area contributed by atoms with Crippen molar-refractivity contribution in [3.05, 3.63) is 59.7 Å². The van der Waals surface area contributed by atoms with Crippen molar-refractivity contribution in [1.82, 2.24) is 10.6 Å². The lowest BCUT2D eigenvalue weighted by molar-refractivity contribution is 0.601. The van der Waals surface area contributed by atoms with Gasteiger partial charge in [0.25, 0.3) is 0 Å². The first-order valence-electron chi connectivity index (χ1n) is 8.82. The molecular formula is C20H28IN3O2S2. The molecule has 0 unspecified atom stereocenters. The third-order valence-electron chi connectivity index (χ3n) is 3.95. The van der Waals surface area contributed by atoms with Crippen molar-refractivity contribution in [2.45, 2.75) is 29.7 Å². The molecule has 0 aromatic heterocycles. The van der Waals surface area contributed by atoms with Gasteiger partial charge in [0.1, 0.15) is 0 Å². The number of nitrogens with zero attached hydrogens (tertiary/aromatic N) is 1. The lowest BCUT2D eigenvalue weighted by atomic mass is 10.1. The Balaban J connectivity index is 0.00000392. The molecule has 2 aromatic rings. The highest BCUT2D eigenvalue weighted by Crippen LogP contribution is 2.17. The monoisotopic (exact) mass is 533 g/mol. The van der Waals surface area contributed by atoms with E-state index >= 15 is 0 Å². The highest BCUT2D eigenvalue weighted by molar-refractivity contribution is 14.0. The lowest BCUT2D eigenvalue weighted by Gasteiger charge is -2.13. The van der Waals surface area contributed by atoms with Crippen LogP contribution in [0.25, 0.3) is 0 Å². The molecule has 0 atom stereocenters. The number of aliphatic imine (C=N–C) groups is 1. The van der Waals surface area contributed by atoms with Crippen molar-refractivity contribution < 1.29 is 8.42 Å². The summed E-state index contributed by atoms with van der Waals surface area (Å²) in [4.78, 5) is 5.89. The largest absolute Gasteiger partial charge is 0.356 e. The Labute approximate surface area is 189 Å². The Morgan fingerprint density at radius 1 is 1.11 bits per heavy atom. The summed E-state index contributed by atoms with van der Waals surface area (Å²) in [6.45, 7) is 3.24. The topological polar surface area (TPSA) is 70.6 Å². The Morgan fingerprint density at radius 3 is 2.43 bits per heavy atom. The highest BCUT2D eigenvalue weighted by atomic mass is 127. The SMILES string of the molecule is CN=C(NCCCSc1ccccc1)NCc1ccc(S(C)(=O)=O)c(C)c1.I. The van der Waals surface area contributed by atoms with Gasteiger partial charge in [0.2, 0.25) is 0 Å². The molecule has 28 heavy (non-hydrogen) atoms. The van der Waals surface area contributed by atoms with Crippen molar-refractivity contribution in [3.63, 3.8) is 0 Å². The Kier molecular flexibility index (Phi) is 10.9. The molecule has 0 saturated carbocycles. The second-order valence-electron chi connectivity index (χ2n) is 6.24. The summed E-state index contributed by atoms with van der Waals surface area (Å²) in [5, 5.41) is 6.57. The maximum atomic E-state index is 11.7. The number of halogens is 1.